The highest BCUT2D eigenvalue weighted by Crippen LogP contribution is 2.52. The number of hydrogen-bond acceptors (Lipinski definition) is 6. The summed E-state index contributed by atoms with van der Waals surface area (Å²) >= 11 is 0. The van der Waals surface area contributed by atoms with Crippen molar-refractivity contribution >= 4 is 83.2 Å². The third-order valence-electron chi connectivity index (χ3n) is 21.0. The number of benzene rings is 14. The molecule has 113 heavy (non-hydrogen) atoms. The van der Waals surface area contributed by atoms with Crippen molar-refractivity contribution in [2.45, 2.75) is 25.2 Å². The first-order chi connectivity index (χ1) is 55.3. The van der Waals surface area contributed by atoms with E-state index in [1.165, 1.54) is 27.8 Å². The minimum Gasteiger partial charge on any atom is -0.439 e. The molecule has 13 nitrogen and oxygen atoms in total. The van der Waals surface area contributed by atoms with Gasteiger partial charge in [0, 0.05) is 71.8 Å². The monoisotopic (exact) mass is 1440 g/mol. The van der Waals surface area contributed by atoms with E-state index in [2.05, 4.69) is 175 Å². The molecule has 0 amide bonds. The molecule has 14 aromatic carbocycles. The Kier molecular flexibility index (Phi) is 18.4. The minimum atomic E-state index is -0.0867. The van der Waals surface area contributed by atoms with E-state index in [0.717, 1.165) is 93.8 Å². The van der Waals surface area contributed by atoms with Gasteiger partial charge in [-0.05, 0) is 152 Å². The van der Waals surface area contributed by atoms with Crippen LogP contribution in [-0.2, 0) is 5.41 Å². The fraction of sp³-hybridized carbons (Fsp3) is 0.0400. The lowest BCUT2D eigenvalue weighted by Crippen LogP contribution is -2.29. The lowest BCUT2D eigenvalue weighted by Gasteiger charge is -2.40. The van der Waals surface area contributed by atoms with E-state index in [0.29, 0.717) is 84.2 Å². The highest BCUT2D eigenvalue weighted by atomic mass is 16.3. The fourth-order valence-electron chi connectivity index (χ4n) is 16.1. The van der Waals surface area contributed by atoms with Crippen molar-refractivity contribution in [1.82, 2.24) is 9.13 Å². The van der Waals surface area contributed by atoms with Crippen LogP contribution in [0.3, 0.4) is 0 Å². The molecule has 3 heterocycles. The molecule has 1 aliphatic carbocycles. The Morgan fingerprint density at radius 2 is 0.690 bits per heavy atom. The molecule has 0 saturated carbocycles. The summed E-state index contributed by atoms with van der Waals surface area (Å²) in [6.07, 6.45) is 0. The first-order valence-electron chi connectivity index (χ1n) is 35.9. The topological polar surface area (TPSA) is 164 Å². The van der Waals surface area contributed by atoms with Crippen molar-refractivity contribution in [3.63, 3.8) is 0 Å². The number of nitriles is 5. The average Bonchev–Trinajstić information content (AvgIpc) is 1.67. The van der Waals surface area contributed by atoms with E-state index in [1.54, 1.807) is 78.9 Å². The lowest BCUT2D eigenvalue weighted by atomic mass is 9.63. The zero-order valence-corrected chi connectivity index (χ0v) is 60.6. The molecule has 0 bridgehead atoms. The predicted molar refractivity (Wildman–Crippen MR) is 446 cm³/mol. The normalized spacial score (nSPS) is 11.6. The van der Waals surface area contributed by atoms with E-state index >= 15 is 0 Å². The van der Waals surface area contributed by atoms with Crippen LogP contribution < -0.4 is 0 Å². The van der Waals surface area contributed by atoms with Gasteiger partial charge in [-0.1, -0.05) is 220 Å². The van der Waals surface area contributed by atoms with Crippen molar-refractivity contribution in [3.05, 3.63) is 410 Å². The van der Waals surface area contributed by atoms with Crippen LogP contribution in [-0.4, -0.2) is 9.13 Å². The van der Waals surface area contributed by atoms with Crippen molar-refractivity contribution in [2.75, 3.05) is 0 Å². The molecule has 0 fully saturated rings. The number of fused-ring (bicyclic) bond motifs is 10. The molecule has 0 aliphatic heterocycles. The number of aromatic nitrogens is 2. The first kappa shape index (κ1) is 70.4. The van der Waals surface area contributed by atoms with Gasteiger partial charge in [-0.2, -0.15) is 26.3 Å². The molecule has 0 radical (unpaired) electrons. The quantitative estimate of drug-likeness (QED) is 0.137. The molecule has 18 rings (SSSR count). The van der Waals surface area contributed by atoms with Crippen molar-refractivity contribution < 1.29 is 4.42 Å². The van der Waals surface area contributed by atoms with Gasteiger partial charge in [0.1, 0.15) is 5.58 Å². The van der Waals surface area contributed by atoms with Crippen LogP contribution in [0, 0.1) is 89.5 Å². The zero-order chi connectivity index (χ0) is 78.0. The number of para-hydroxylation sites is 6. The Labute approximate surface area is 651 Å². The largest absolute Gasteiger partial charge is 0.439 e. The van der Waals surface area contributed by atoms with E-state index < -0.39 is 0 Å². The summed E-state index contributed by atoms with van der Waals surface area (Å²) in [5, 5.41) is 54.2. The third kappa shape index (κ3) is 12.4. The van der Waals surface area contributed by atoms with Crippen LogP contribution in [0.15, 0.2) is 302 Å². The zero-order valence-electron chi connectivity index (χ0n) is 60.6. The van der Waals surface area contributed by atoms with Gasteiger partial charge in [-0.3, -0.25) is 4.57 Å². The van der Waals surface area contributed by atoms with Gasteiger partial charge in [0.25, 0.3) is 0 Å². The molecular formula is C100H56N12O. The van der Waals surface area contributed by atoms with Crippen molar-refractivity contribution in [3.8, 4) is 97.4 Å². The Morgan fingerprint density at radius 1 is 0.319 bits per heavy atom. The second kappa shape index (κ2) is 29.5. The second-order valence-electron chi connectivity index (χ2n) is 27.6. The molecule has 522 valence electrons. The molecule has 1 aliphatic rings. The van der Waals surface area contributed by atoms with Crippen LogP contribution in [0.1, 0.15) is 75.4 Å². The summed E-state index contributed by atoms with van der Waals surface area (Å²) in [5.74, 6) is 0.0776. The second-order valence-corrected chi connectivity index (χ2v) is 27.6. The highest BCUT2D eigenvalue weighted by Gasteiger charge is 2.39. The number of rotatable bonds is 8. The Hall–Kier alpha value is -16.9. The molecule has 0 N–H and O–H groups in total. The summed E-state index contributed by atoms with van der Waals surface area (Å²) < 4.78 is 10.8. The Bertz CT molecular complexity index is 6950. The minimum absolute atomic E-state index is 0.0776. The van der Waals surface area contributed by atoms with E-state index in [4.69, 9.17) is 37.3 Å². The highest BCUT2D eigenvalue weighted by molar-refractivity contribution is 6.20. The van der Waals surface area contributed by atoms with Gasteiger partial charge in [-0.15, -0.1) is 0 Å². The number of hydrogen-bond donors (Lipinski definition) is 0. The van der Waals surface area contributed by atoms with Crippen LogP contribution in [0.2, 0.25) is 0 Å². The van der Waals surface area contributed by atoms with Crippen LogP contribution in [0.5, 0.6) is 0 Å². The van der Waals surface area contributed by atoms with Crippen LogP contribution in [0.25, 0.3) is 146 Å². The number of furan rings is 1. The first-order valence-corrected chi connectivity index (χ1v) is 35.9. The fourth-order valence-corrected chi connectivity index (χ4v) is 16.1. The summed E-state index contributed by atoms with van der Waals surface area (Å²) in [5.41, 5.74) is 24.0. The van der Waals surface area contributed by atoms with Gasteiger partial charge >= 0.3 is 0 Å². The van der Waals surface area contributed by atoms with Gasteiger partial charge in [0.05, 0.1) is 108 Å². The Balaban J connectivity index is 0.000000129. The predicted octanol–water partition coefficient (Wildman–Crippen LogP) is 26.3. The van der Waals surface area contributed by atoms with Gasteiger partial charge in [-0.25, -0.2) is 24.2 Å². The van der Waals surface area contributed by atoms with E-state index in [1.807, 2.05) is 121 Å². The van der Waals surface area contributed by atoms with Crippen LogP contribution >= 0.6 is 0 Å². The molecule has 3 aromatic heterocycles. The van der Waals surface area contributed by atoms with Crippen molar-refractivity contribution in [2.24, 2.45) is 0 Å². The van der Waals surface area contributed by atoms with Gasteiger partial charge < -0.3 is 8.98 Å². The molecule has 0 unspecified atom stereocenters. The van der Waals surface area contributed by atoms with Crippen molar-refractivity contribution in [1.29, 1.82) is 26.3 Å². The maximum atomic E-state index is 10.0. The van der Waals surface area contributed by atoms with Gasteiger partial charge in [0.2, 0.25) is 5.71 Å². The molecular weight excluding hydrogens is 1390 g/mol. The third-order valence-corrected chi connectivity index (χ3v) is 21.0. The summed E-state index contributed by atoms with van der Waals surface area (Å²) in [7, 11) is 0. The van der Waals surface area contributed by atoms with Crippen LogP contribution in [0.4, 0.5) is 28.4 Å². The molecule has 17 aromatic rings. The average molecular weight is 1440 g/mol. The maximum absolute atomic E-state index is 10.0. The maximum Gasteiger partial charge on any atom is 0.213 e. The standard InChI is InChI=1S/C36H17N5O.C34H17N5.C30H22N2/c1-39-26-16-22(20-37)14-24(18-26)28-10-7-11-29(25-15-23(21-38)17-27(19-25)40-2)35(28)41-32-12-5-3-8-30(32)34-31-9-4-6-13-33(31)42-36(34)41;1-37-24-16-14-22(20-35)30(18-24)28-10-7-11-29(31-19-25(38-2)17-15-23(31)21-36)34(28)39-32-12-5-3-8-26(32)27-9-4-6-13-33(27)39;1-30(2)27-14-8-6-12-25(27)29(26-13-7-9-15-28(26)30)24-11-5-4-10-23(24)21-16-20(19-31)17-22(18-21)32-3/h3-19H;3-19H;4-18,29H,1-2H3. The Morgan fingerprint density at radius 3 is 1.15 bits per heavy atom. The lowest BCUT2D eigenvalue weighted by molar-refractivity contribution is 0.597. The molecule has 0 saturated heterocycles. The van der Waals surface area contributed by atoms with E-state index in [9.17, 15) is 26.3 Å². The molecule has 13 heteroatoms. The SMILES string of the molecule is [C-]#[N+]c1cc(C#N)cc(-c2cccc(-c3cc(C#N)cc([N+]#[C-])c3)c2-n2c3ccccc3c3c4ccccc4oc32)c1.[C-]#[N+]c1cc(C#N)cc(-c2ccccc2C2c3ccccc3C(C)(C)c3ccccc32)c1.[C-]#[N+]c1ccc(C#N)c(-c2cccc(-c3cc([N+]#[C-])ccc3C#N)c2-n2c3ccccc3c3ccccc32)c1. The summed E-state index contributed by atoms with van der Waals surface area (Å²) in [6, 6.07) is 107. The summed E-state index contributed by atoms with van der Waals surface area (Å²) in [6.45, 7) is 42.5. The number of nitrogens with zero attached hydrogens (tertiary/aromatic N) is 12. The molecule has 0 atom stereocenters. The van der Waals surface area contributed by atoms with Gasteiger partial charge in [0.15, 0.2) is 28.4 Å². The molecule has 0 spiro atoms. The van der Waals surface area contributed by atoms with E-state index in [-0.39, 0.29) is 11.3 Å². The smallest absolute Gasteiger partial charge is 0.213 e. The summed E-state index contributed by atoms with van der Waals surface area (Å²) in [4.78, 5) is 18.1.